The van der Waals surface area contributed by atoms with E-state index in [1.54, 1.807) is 18.2 Å². The fourth-order valence-electron chi connectivity index (χ4n) is 8.13. The molecule has 2 aromatic heterocycles. The van der Waals surface area contributed by atoms with Crippen LogP contribution in [0.15, 0.2) is 30.3 Å². The van der Waals surface area contributed by atoms with E-state index in [0.717, 1.165) is 50.0 Å². The zero-order valence-electron chi connectivity index (χ0n) is 21.6. The number of anilines is 1. The Balaban J connectivity index is 1.18. The van der Waals surface area contributed by atoms with Crippen molar-refractivity contribution in [1.29, 1.82) is 0 Å². The first-order valence-corrected chi connectivity index (χ1v) is 14.1. The SMILES string of the molecule is O[C@]12CC3C[C@H](C1)[C@@H](CCCc1cc(N4CCOCC4)nc(-n4c(C(F)F)nc5ccccc54)n1)[C@@H](C3)C2. The summed E-state index contributed by atoms with van der Waals surface area (Å²) in [4.78, 5) is 16.0. The van der Waals surface area contributed by atoms with Crippen LogP contribution in [0.5, 0.6) is 0 Å². The van der Waals surface area contributed by atoms with E-state index in [-0.39, 0.29) is 11.8 Å². The van der Waals surface area contributed by atoms with Gasteiger partial charge in [-0.25, -0.2) is 18.7 Å². The van der Waals surface area contributed by atoms with Crippen LogP contribution in [0, 0.1) is 23.7 Å². The van der Waals surface area contributed by atoms with Gasteiger partial charge in [-0.1, -0.05) is 12.1 Å². The molecule has 38 heavy (non-hydrogen) atoms. The van der Waals surface area contributed by atoms with Gasteiger partial charge < -0.3 is 14.7 Å². The van der Waals surface area contributed by atoms with Gasteiger partial charge in [0, 0.05) is 24.8 Å². The Morgan fingerprint density at radius 1 is 1.03 bits per heavy atom. The summed E-state index contributed by atoms with van der Waals surface area (Å²) in [5.41, 5.74) is 1.56. The number of ether oxygens (including phenoxy) is 1. The molecule has 0 amide bonds. The topological polar surface area (TPSA) is 76.3 Å². The molecule has 3 heterocycles. The molecule has 7 nitrogen and oxygen atoms in total. The Morgan fingerprint density at radius 3 is 2.53 bits per heavy atom. The highest BCUT2D eigenvalue weighted by atomic mass is 19.3. The van der Waals surface area contributed by atoms with Gasteiger partial charge in [0.15, 0.2) is 5.82 Å². The van der Waals surface area contributed by atoms with E-state index in [9.17, 15) is 13.9 Å². The average molecular weight is 524 g/mol. The van der Waals surface area contributed by atoms with Crippen molar-refractivity contribution in [3.8, 4) is 5.95 Å². The van der Waals surface area contributed by atoms with E-state index in [2.05, 4.69) is 9.88 Å². The summed E-state index contributed by atoms with van der Waals surface area (Å²) in [6, 6.07) is 9.18. The monoisotopic (exact) mass is 523 g/mol. The standard InChI is InChI=1S/C29H35F2N5O2/c30-26(31)27-33-23-6-1-2-7-24(23)36(27)28-32-21(14-25(34-28)35-8-10-38-11-9-35)4-3-5-22-19-12-18-13-20(22)17-29(37,15-18)16-19/h1-2,6-7,14,18-20,22,26,37H,3-5,8-13,15-17H2/t18?,19-,20+,22-,29-. The lowest BCUT2D eigenvalue weighted by Crippen LogP contribution is -2.54. The predicted octanol–water partition coefficient (Wildman–Crippen LogP) is 5.10. The van der Waals surface area contributed by atoms with Gasteiger partial charge in [-0.05, 0) is 87.2 Å². The van der Waals surface area contributed by atoms with Gasteiger partial charge in [-0.3, -0.25) is 4.57 Å². The third-order valence-electron chi connectivity index (χ3n) is 9.48. The van der Waals surface area contributed by atoms with Crippen molar-refractivity contribution in [1.82, 2.24) is 19.5 Å². The molecule has 0 radical (unpaired) electrons. The second-order valence-electron chi connectivity index (χ2n) is 12.0. The number of alkyl halides is 2. The number of aromatic nitrogens is 4. The first-order valence-electron chi connectivity index (χ1n) is 14.1. The number of imidazole rings is 1. The average Bonchev–Trinajstić information content (AvgIpc) is 3.30. The van der Waals surface area contributed by atoms with Crippen LogP contribution < -0.4 is 4.90 Å². The number of aryl methyl sites for hydroxylation is 1. The lowest BCUT2D eigenvalue weighted by atomic mass is 9.49. The van der Waals surface area contributed by atoms with Crippen molar-refractivity contribution in [3.05, 3.63) is 41.9 Å². The lowest BCUT2D eigenvalue weighted by Gasteiger charge is -2.58. The summed E-state index contributed by atoms with van der Waals surface area (Å²) < 4.78 is 35.2. The Labute approximate surface area is 221 Å². The molecule has 5 atom stereocenters. The van der Waals surface area contributed by atoms with Crippen LogP contribution >= 0.6 is 0 Å². The van der Waals surface area contributed by atoms with E-state index in [4.69, 9.17) is 14.7 Å². The molecule has 4 saturated carbocycles. The van der Waals surface area contributed by atoms with Crippen LogP contribution in [0.4, 0.5) is 14.6 Å². The fourth-order valence-corrected chi connectivity index (χ4v) is 8.13. The van der Waals surface area contributed by atoms with Gasteiger partial charge in [-0.15, -0.1) is 0 Å². The summed E-state index contributed by atoms with van der Waals surface area (Å²) in [5.74, 6) is 3.35. The zero-order chi connectivity index (χ0) is 25.9. The van der Waals surface area contributed by atoms with Gasteiger partial charge in [0.1, 0.15) is 5.82 Å². The van der Waals surface area contributed by atoms with E-state index >= 15 is 0 Å². The Kier molecular flexibility index (Phi) is 6.11. The van der Waals surface area contributed by atoms with Crippen molar-refractivity contribution in [2.45, 2.75) is 63.4 Å². The molecule has 3 aromatic rings. The minimum atomic E-state index is -2.74. The molecular formula is C29H35F2N5O2. The zero-order valence-corrected chi connectivity index (χ0v) is 21.6. The van der Waals surface area contributed by atoms with Gasteiger partial charge in [0.05, 0.1) is 29.8 Å². The third kappa shape index (κ3) is 4.37. The summed E-state index contributed by atoms with van der Waals surface area (Å²) in [6.07, 6.45) is 5.62. The molecule has 5 fully saturated rings. The smallest absolute Gasteiger partial charge is 0.296 e. The van der Waals surface area contributed by atoms with Crippen LogP contribution in [-0.2, 0) is 11.2 Å². The summed E-state index contributed by atoms with van der Waals surface area (Å²) >= 11 is 0. The van der Waals surface area contributed by atoms with Crippen LogP contribution in [-0.4, -0.2) is 56.5 Å². The first kappa shape index (κ1) is 24.4. The second kappa shape index (κ2) is 9.52. The number of hydrogen-bond donors (Lipinski definition) is 1. The van der Waals surface area contributed by atoms with Gasteiger partial charge in [-0.2, -0.15) is 4.98 Å². The molecule has 0 spiro atoms. The third-order valence-corrected chi connectivity index (χ3v) is 9.48. The van der Waals surface area contributed by atoms with Crippen molar-refractivity contribution in [3.63, 3.8) is 0 Å². The molecule has 1 aliphatic heterocycles. The van der Waals surface area contributed by atoms with Gasteiger partial charge in [0.2, 0.25) is 5.95 Å². The van der Waals surface area contributed by atoms with Crippen molar-refractivity contribution in [2.75, 3.05) is 31.2 Å². The van der Waals surface area contributed by atoms with Crippen molar-refractivity contribution >= 4 is 16.9 Å². The van der Waals surface area contributed by atoms with Crippen LogP contribution in [0.1, 0.15) is 62.9 Å². The molecule has 5 aliphatic rings. The highest BCUT2D eigenvalue weighted by Crippen LogP contribution is 2.59. The largest absolute Gasteiger partial charge is 0.390 e. The lowest BCUT2D eigenvalue weighted by molar-refractivity contribution is -0.153. The van der Waals surface area contributed by atoms with Gasteiger partial charge in [0.25, 0.3) is 6.43 Å². The number of halogens is 2. The first-order chi connectivity index (χ1) is 18.5. The minimum absolute atomic E-state index is 0.254. The molecule has 1 N–H and O–H groups in total. The molecule has 1 unspecified atom stereocenters. The number of benzene rings is 1. The summed E-state index contributed by atoms with van der Waals surface area (Å²) in [6.45, 7) is 2.64. The number of fused-ring (bicyclic) bond motifs is 1. The highest BCUT2D eigenvalue weighted by Gasteiger charge is 2.54. The summed E-state index contributed by atoms with van der Waals surface area (Å²) in [7, 11) is 0. The Morgan fingerprint density at radius 2 is 1.79 bits per heavy atom. The van der Waals surface area contributed by atoms with Crippen LogP contribution in [0.2, 0.25) is 0 Å². The van der Waals surface area contributed by atoms with Crippen LogP contribution in [0.3, 0.4) is 0 Å². The van der Waals surface area contributed by atoms with Crippen LogP contribution in [0.25, 0.3) is 17.0 Å². The number of hydrogen-bond acceptors (Lipinski definition) is 6. The Bertz CT molecular complexity index is 1310. The van der Waals surface area contributed by atoms with Crippen molar-refractivity contribution < 1.29 is 18.6 Å². The van der Waals surface area contributed by atoms with Gasteiger partial charge >= 0.3 is 0 Å². The molecule has 4 bridgehead atoms. The van der Waals surface area contributed by atoms with E-state index in [1.165, 1.54) is 17.4 Å². The fraction of sp³-hybridized carbons (Fsp3) is 0.621. The molecule has 9 heteroatoms. The van der Waals surface area contributed by atoms with E-state index < -0.39 is 12.0 Å². The minimum Gasteiger partial charge on any atom is -0.390 e. The maximum Gasteiger partial charge on any atom is 0.296 e. The Hall–Kier alpha value is -2.65. The normalized spacial score (nSPS) is 30.6. The number of nitrogens with zero attached hydrogens (tertiary/aromatic N) is 5. The molecule has 202 valence electrons. The number of para-hydroxylation sites is 2. The maximum absolute atomic E-state index is 14.1. The highest BCUT2D eigenvalue weighted by molar-refractivity contribution is 5.77. The molecule has 8 rings (SSSR count). The molecule has 1 saturated heterocycles. The quantitative estimate of drug-likeness (QED) is 0.465. The molecular weight excluding hydrogens is 488 g/mol. The van der Waals surface area contributed by atoms with Crippen molar-refractivity contribution in [2.24, 2.45) is 23.7 Å². The maximum atomic E-state index is 14.1. The molecule has 4 aliphatic carbocycles. The van der Waals surface area contributed by atoms with E-state index in [1.807, 2.05) is 12.1 Å². The number of aliphatic hydroxyl groups is 1. The number of morpholine rings is 1. The summed E-state index contributed by atoms with van der Waals surface area (Å²) in [5, 5.41) is 10.9. The second-order valence-corrected chi connectivity index (χ2v) is 12.0. The molecule has 1 aromatic carbocycles. The number of rotatable bonds is 7. The predicted molar refractivity (Wildman–Crippen MR) is 140 cm³/mol. The van der Waals surface area contributed by atoms with E-state index in [0.29, 0.717) is 61.0 Å².